The lowest BCUT2D eigenvalue weighted by molar-refractivity contribution is 0.115. The molecule has 0 unspecified atom stereocenters. The summed E-state index contributed by atoms with van der Waals surface area (Å²) in [6, 6.07) is 7.00. The van der Waals surface area contributed by atoms with Gasteiger partial charge in [0.05, 0.1) is 0 Å². The summed E-state index contributed by atoms with van der Waals surface area (Å²) >= 11 is 0. The van der Waals surface area contributed by atoms with Crippen molar-refractivity contribution in [1.82, 2.24) is 14.7 Å². The first-order valence-corrected chi connectivity index (χ1v) is 8.64. The van der Waals surface area contributed by atoms with Gasteiger partial charge in [-0.2, -0.15) is 0 Å². The van der Waals surface area contributed by atoms with E-state index in [0.29, 0.717) is 0 Å². The third kappa shape index (κ3) is 5.20. The van der Waals surface area contributed by atoms with Gasteiger partial charge in [-0.25, -0.2) is 9.18 Å². The van der Waals surface area contributed by atoms with Crippen LogP contribution in [0.15, 0.2) is 24.3 Å². The zero-order valence-corrected chi connectivity index (χ0v) is 14.3. The lowest BCUT2D eigenvalue weighted by Gasteiger charge is -2.37. The maximum absolute atomic E-state index is 13.1. The number of amides is 2. The van der Waals surface area contributed by atoms with Crippen molar-refractivity contribution in [2.24, 2.45) is 0 Å². The second kappa shape index (κ2) is 8.87. The molecule has 0 radical (unpaired) electrons. The summed E-state index contributed by atoms with van der Waals surface area (Å²) in [5, 5.41) is 0. The van der Waals surface area contributed by atoms with Gasteiger partial charge in [0, 0.05) is 39.3 Å². The molecular weight excluding hydrogens is 293 g/mol. The van der Waals surface area contributed by atoms with E-state index in [1.807, 2.05) is 29.7 Å². The predicted molar refractivity (Wildman–Crippen MR) is 91.1 cm³/mol. The topological polar surface area (TPSA) is 26.8 Å². The van der Waals surface area contributed by atoms with Gasteiger partial charge in [0.15, 0.2) is 0 Å². The molecule has 4 nitrogen and oxygen atoms in total. The fourth-order valence-electron chi connectivity index (χ4n) is 3.06. The van der Waals surface area contributed by atoms with E-state index in [0.717, 1.165) is 64.2 Å². The van der Waals surface area contributed by atoms with Gasteiger partial charge in [0.25, 0.3) is 0 Å². The Hall–Kier alpha value is -1.62. The molecule has 1 aliphatic heterocycles. The third-order valence-corrected chi connectivity index (χ3v) is 4.51. The maximum Gasteiger partial charge on any atom is 0.320 e. The summed E-state index contributed by atoms with van der Waals surface area (Å²) in [5.74, 6) is -0.161. The number of carbonyl (C=O) groups excluding carboxylic acids is 1. The van der Waals surface area contributed by atoms with Crippen LogP contribution in [-0.2, 0) is 6.42 Å². The Labute approximate surface area is 138 Å². The monoisotopic (exact) mass is 321 g/mol. The van der Waals surface area contributed by atoms with Gasteiger partial charge in [-0.15, -0.1) is 0 Å². The number of carbonyl (C=O) groups is 1. The molecule has 2 rings (SSSR count). The minimum absolute atomic E-state index is 0.161. The van der Waals surface area contributed by atoms with Crippen LogP contribution in [0.3, 0.4) is 0 Å². The van der Waals surface area contributed by atoms with Crippen LogP contribution in [0.25, 0.3) is 0 Å². The van der Waals surface area contributed by atoms with Crippen molar-refractivity contribution in [3.8, 4) is 0 Å². The molecule has 0 N–H and O–H groups in total. The van der Waals surface area contributed by atoms with Crippen LogP contribution in [0, 0.1) is 5.82 Å². The first-order valence-electron chi connectivity index (χ1n) is 8.64. The van der Waals surface area contributed by atoms with Gasteiger partial charge in [0.2, 0.25) is 0 Å². The molecule has 2 amide bonds. The van der Waals surface area contributed by atoms with Gasteiger partial charge >= 0.3 is 6.03 Å². The number of hydrogen-bond acceptors (Lipinski definition) is 2. The van der Waals surface area contributed by atoms with Crippen molar-refractivity contribution in [3.05, 3.63) is 35.6 Å². The van der Waals surface area contributed by atoms with Crippen molar-refractivity contribution in [2.75, 3.05) is 45.8 Å². The summed E-state index contributed by atoms with van der Waals surface area (Å²) in [7, 11) is 0. The van der Waals surface area contributed by atoms with E-state index < -0.39 is 0 Å². The Morgan fingerprint density at radius 3 is 2.48 bits per heavy atom. The van der Waals surface area contributed by atoms with Crippen LogP contribution < -0.4 is 0 Å². The zero-order chi connectivity index (χ0) is 16.7. The Balaban J connectivity index is 1.69. The molecule has 1 heterocycles. The Bertz CT molecular complexity index is 497. The van der Waals surface area contributed by atoms with Gasteiger partial charge in [-0.05, 0) is 50.9 Å². The highest BCUT2D eigenvalue weighted by Gasteiger charge is 2.23. The molecule has 0 saturated carbocycles. The number of aryl methyl sites for hydroxylation is 1. The fourth-order valence-corrected chi connectivity index (χ4v) is 3.06. The van der Waals surface area contributed by atoms with E-state index in [2.05, 4.69) is 4.90 Å². The molecule has 23 heavy (non-hydrogen) atoms. The van der Waals surface area contributed by atoms with Gasteiger partial charge in [-0.1, -0.05) is 12.1 Å². The number of benzene rings is 1. The molecular formula is C18H28FN3O. The summed E-state index contributed by atoms with van der Waals surface area (Å²) in [6.07, 6.45) is 1.92. The van der Waals surface area contributed by atoms with E-state index in [1.165, 1.54) is 6.07 Å². The van der Waals surface area contributed by atoms with E-state index in [4.69, 9.17) is 0 Å². The predicted octanol–water partition coefficient (Wildman–Crippen LogP) is 2.84. The van der Waals surface area contributed by atoms with Gasteiger partial charge < -0.3 is 9.80 Å². The highest BCUT2D eigenvalue weighted by molar-refractivity contribution is 5.74. The van der Waals surface area contributed by atoms with Crippen molar-refractivity contribution >= 4 is 6.03 Å². The van der Waals surface area contributed by atoms with Crippen LogP contribution in [0.5, 0.6) is 0 Å². The minimum atomic E-state index is -0.161. The number of rotatable bonds is 6. The van der Waals surface area contributed by atoms with Gasteiger partial charge in [0.1, 0.15) is 5.82 Å². The molecule has 0 spiro atoms. The third-order valence-electron chi connectivity index (χ3n) is 4.51. The smallest absolute Gasteiger partial charge is 0.320 e. The Kier molecular flexibility index (Phi) is 6.84. The van der Waals surface area contributed by atoms with E-state index >= 15 is 0 Å². The van der Waals surface area contributed by atoms with Crippen LogP contribution >= 0.6 is 0 Å². The largest absolute Gasteiger partial charge is 0.325 e. The zero-order valence-electron chi connectivity index (χ0n) is 14.3. The Morgan fingerprint density at radius 2 is 1.87 bits per heavy atom. The average Bonchev–Trinajstić information content (AvgIpc) is 2.56. The summed E-state index contributed by atoms with van der Waals surface area (Å²) in [6.45, 7) is 10.0. The number of halogens is 1. The van der Waals surface area contributed by atoms with Gasteiger partial charge in [-0.3, -0.25) is 4.90 Å². The lowest BCUT2D eigenvalue weighted by atomic mass is 10.1. The van der Waals surface area contributed by atoms with Crippen LogP contribution in [0.1, 0.15) is 25.8 Å². The molecule has 1 aliphatic rings. The highest BCUT2D eigenvalue weighted by Crippen LogP contribution is 2.09. The second-order valence-corrected chi connectivity index (χ2v) is 6.02. The van der Waals surface area contributed by atoms with Crippen molar-refractivity contribution < 1.29 is 9.18 Å². The molecule has 1 fully saturated rings. The summed E-state index contributed by atoms with van der Waals surface area (Å²) < 4.78 is 13.1. The average molecular weight is 321 g/mol. The van der Waals surface area contributed by atoms with E-state index in [9.17, 15) is 9.18 Å². The first-order chi connectivity index (χ1) is 11.1. The number of urea groups is 1. The SMILES string of the molecule is CCN(CC)C(=O)N1CCN(CCCc2cccc(F)c2)CC1. The Morgan fingerprint density at radius 1 is 1.17 bits per heavy atom. The minimum Gasteiger partial charge on any atom is -0.325 e. The maximum atomic E-state index is 13.1. The van der Waals surface area contributed by atoms with Crippen molar-refractivity contribution in [3.63, 3.8) is 0 Å². The number of piperazine rings is 1. The second-order valence-electron chi connectivity index (χ2n) is 6.02. The normalized spacial score (nSPS) is 15.7. The standard InChI is InChI=1S/C18H28FN3O/c1-3-21(4-2)18(23)22-13-11-20(12-14-22)10-6-8-16-7-5-9-17(19)15-16/h5,7,9,15H,3-4,6,8,10-14H2,1-2H3. The molecule has 0 aliphatic carbocycles. The molecule has 1 aromatic carbocycles. The molecule has 5 heteroatoms. The fraction of sp³-hybridized carbons (Fsp3) is 0.611. The lowest BCUT2D eigenvalue weighted by Crippen LogP contribution is -2.52. The molecule has 128 valence electrons. The van der Waals surface area contributed by atoms with Crippen molar-refractivity contribution in [1.29, 1.82) is 0 Å². The quantitative estimate of drug-likeness (QED) is 0.805. The molecule has 0 atom stereocenters. The number of hydrogen-bond donors (Lipinski definition) is 0. The molecule has 0 bridgehead atoms. The van der Waals surface area contributed by atoms with Crippen molar-refractivity contribution in [2.45, 2.75) is 26.7 Å². The summed E-state index contributed by atoms with van der Waals surface area (Å²) in [4.78, 5) is 18.5. The van der Waals surface area contributed by atoms with Crippen LogP contribution in [0.4, 0.5) is 9.18 Å². The van der Waals surface area contributed by atoms with E-state index in [1.54, 1.807) is 12.1 Å². The molecule has 1 saturated heterocycles. The van der Waals surface area contributed by atoms with E-state index in [-0.39, 0.29) is 11.8 Å². The number of nitrogens with zero attached hydrogens (tertiary/aromatic N) is 3. The van der Waals surface area contributed by atoms with Crippen LogP contribution in [-0.4, -0.2) is 66.5 Å². The molecule has 1 aromatic rings. The summed E-state index contributed by atoms with van der Waals surface area (Å²) in [5.41, 5.74) is 1.06. The first kappa shape index (κ1) is 17.7. The molecule has 0 aromatic heterocycles. The van der Waals surface area contributed by atoms with Crippen LogP contribution in [0.2, 0.25) is 0 Å². The highest BCUT2D eigenvalue weighted by atomic mass is 19.1.